The number of rotatable bonds is 7. The Morgan fingerprint density at radius 3 is 2.23 bits per heavy atom. The van der Waals surface area contributed by atoms with Crippen LogP contribution < -0.4 is 9.46 Å². The first-order valence-corrected chi connectivity index (χ1v) is 8.85. The molecule has 0 heterocycles. The minimum atomic E-state index is -1.26. The molecular weight excluding hydrogens is 298 g/mol. The fourth-order valence-electron chi connectivity index (χ4n) is 2.01. The molecule has 4 nitrogen and oxygen atoms in total. The van der Waals surface area contributed by atoms with Gasteiger partial charge in [-0.15, -0.1) is 0 Å². The molecule has 5 heteroatoms. The molecule has 0 aliphatic rings. The molecule has 0 radical (unpaired) electrons. The van der Waals surface area contributed by atoms with E-state index in [-0.39, 0.29) is 16.7 Å². The number of hydrogen-bond acceptors (Lipinski definition) is 3. The van der Waals surface area contributed by atoms with Crippen LogP contribution in [0.3, 0.4) is 0 Å². The Kier molecular flexibility index (Phi) is 7.03. The predicted molar refractivity (Wildman–Crippen MR) is 92.2 cm³/mol. The molecule has 0 bridgehead atoms. The number of aliphatic hydroxyl groups is 1. The average molecular weight is 327 g/mol. The van der Waals surface area contributed by atoms with Gasteiger partial charge in [0.15, 0.2) is 0 Å². The average Bonchev–Trinajstić information content (AvgIpc) is 2.50. The monoisotopic (exact) mass is 327 g/mol. The second-order valence-corrected chi connectivity index (χ2v) is 8.62. The van der Waals surface area contributed by atoms with E-state index in [1.54, 1.807) is 7.11 Å². The van der Waals surface area contributed by atoms with Gasteiger partial charge in [0.1, 0.15) is 5.75 Å². The highest BCUT2D eigenvalue weighted by Gasteiger charge is 2.30. The zero-order valence-electron chi connectivity index (χ0n) is 14.4. The highest BCUT2D eigenvalue weighted by Crippen LogP contribution is 2.27. The van der Waals surface area contributed by atoms with Gasteiger partial charge < -0.3 is 9.84 Å². The Labute approximate surface area is 136 Å². The Bertz CT molecular complexity index is 482. The van der Waals surface area contributed by atoms with E-state index in [0.29, 0.717) is 0 Å². The van der Waals surface area contributed by atoms with Gasteiger partial charge in [-0.1, -0.05) is 32.4 Å². The summed E-state index contributed by atoms with van der Waals surface area (Å²) < 4.78 is 20.3. The summed E-state index contributed by atoms with van der Waals surface area (Å²) in [5.74, 6) is 0.869. The molecule has 0 spiro atoms. The van der Waals surface area contributed by atoms with Crippen LogP contribution in [0.5, 0.6) is 5.75 Å². The van der Waals surface area contributed by atoms with E-state index in [9.17, 15) is 9.32 Å². The zero-order valence-corrected chi connectivity index (χ0v) is 15.2. The summed E-state index contributed by atoms with van der Waals surface area (Å²) in [5, 5.41) is 10.6. The third-order valence-electron chi connectivity index (χ3n) is 3.83. The van der Waals surface area contributed by atoms with Crippen molar-refractivity contribution in [3.63, 3.8) is 0 Å². The standard InChI is InChI=1S/C17H29NO3S/c1-7-12(2)16(19)15(18-22(20)17(3,4)5)13-8-10-14(21-6)11-9-13/h8-12,15-16,18-19H,7H2,1-6H3/t12?,15-,16+,22?/m0/s1. The van der Waals surface area contributed by atoms with Crippen LogP contribution in [0.2, 0.25) is 0 Å². The second kappa shape index (κ2) is 8.09. The quantitative estimate of drug-likeness (QED) is 0.808. The first-order valence-electron chi connectivity index (χ1n) is 7.70. The molecular formula is C17H29NO3S. The molecule has 1 aromatic carbocycles. The number of aliphatic hydroxyl groups excluding tert-OH is 1. The Morgan fingerprint density at radius 2 is 1.82 bits per heavy atom. The fraction of sp³-hybridized carbons (Fsp3) is 0.647. The highest BCUT2D eigenvalue weighted by atomic mass is 32.2. The smallest absolute Gasteiger partial charge is 0.118 e. The maximum absolute atomic E-state index is 12.5. The van der Waals surface area contributed by atoms with Gasteiger partial charge in [-0.05, 0) is 44.4 Å². The molecule has 2 unspecified atom stereocenters. The van der Waals surface area contributed by atoms with Crippen molar-refractivity contribution in [3.8, 4) is 5.75 Å². The van der Waals surface area contributed by atoms with Crippen LogP contribution in [0, 0.1) is 5.92 Å². The van der Waals surface area contributed by atoms with E-state index < -0.39 is 17.1 Å². The molecule has 0 amide bonds. The van der Waals surface area contributed by atoms with Gasteiger partial charge in [0.25, 0.3) is 0 Å². The number of benzene rings is 1. The van der Waals surface area contributed by atoms with Crippen LogP contribution in [0.4, 0.5) is 0 Å². The Hall–Kier alpha value is -0.910. The summed E-state index contributed by atoms with van der Waals surface area (Å²) in [6, 6.07) is 7.14. The van der Waals surface area contributed by atoms with Gasteiger partial charge in [-0.3, -0.25) is 0 Å². The van der Waals surface area contributed by atoms with Crippen LogP contribution in [-0.2, 0) is 11.0 Å². The van der Waals surface area contributed by atoms with Crippen molar-refractivity contribution in [3.05, 3.63) is 29.8 Å². The van der Waals surface area contributed by atoms with Crippen molar-refractivity contribution < 1.29 is 14.1 Å². The first-order chi connectivity index (χ1) is 10.2. The summed E-state index contributed by atoms with van der Waals surface area (Å²) in [6.07, 6.45) is 0.252. The van der Waals surface area contributed by atoms with E-state index in [1.165, 1.54) is 0 Å². The van der Waals surface area contributed by atoms with Crippen molar-refractivity contribution >= 4 is 11.0 Å². The zero-order chi connectivity index (χ0) is 16.9. The van der Waals surface area contributed by atoms with E-state index in [4.69, 9.17) is 4.74 Å². The van der Waals surface area contributed by atoms with Gasteiger partial charge in [0.05, 0.1) is 35.0 Å². The number of nitrogens with one attached hydrogen (secondary N) is 1. The minimum absolute atomic E-state index is 0.108. The normalized spacial score (nSPS) is 17.6. The van der Waals surface area contributed by atoms with Crippen molar-refractivity contribution in [2.75, 3.05) is 7.11 Å². The van der Waals surface area contributed by atoms with Gasteiger partial charge >= 0.3 is 0 Å². The molecule has 0 aromatic heterocycles. The number of ether oxygens (including phenoxy) is 1. The number of hydrogen-bond donors (Lipinski definition) is 2. The molecule has 2 N–H and O–H groups in total. The third-order valence-corrected chi connectivity index (χ3v) is 5.41. The maximum Gasteiger partial charge on any atom is 0.118 e. The molecule has 126 valence electrons. The predicted octanol–water partition coefficient (Wildman–Crippen LogP) is 3.20. The minimum Gasteiger partial charge on any atom is -0.497 e. The lowest BCUT2D eigenvalue weighted by Gasteiger charge is -2.30. The van der Waals surface area contributed by atoms with Crippen LogP contribution in [0.15, 0.2) is 24.3 Å². The van der Waals surface area contributed by atoms with Crippen LogP contribution >= 0.6 is 0 Å². The van der Waals surface area contributed by atoms with Crippen molar-refractivity contribution in [2.45, 2.75) is 57.9 Å². The molecule has 1 rings (SSSR count). The van der Waals surface area contributed by atoms with E-state index >= 15 is 0 Å². The fourth-order valence-corrected chi connectivity index (χ4v) is 2.87. The van der Waals surface area contributed by atoms with Crippen LogP contribution in [0.25, 0.3) is 0 Å². The summed E-state index contributed by atoms with van der Waals surface area (Å²) in [7, 11) is 0.363. The van der Waals surface area contributed by atoms with Crippen molar-refractivity contribution in [1.82, 2.24) is 4.72 Å². The summed E-state index contributed by atoms with van der Waals surface area (Å²) >= 11 is 0. The molecule has 22 heavy (non-hydrogen) atoms. The van der Waals surface area contributed by atoms with E-state index in [2.05, 4.69) is 4.72 Å². The molecule has 0 saturated heterocycles. The van der Waals surface area contributed by atoms with Gasteiger partial charge in [0, 0.05) is 0 Å². The topological polar surface area (TPSA) is 58.6 Å². The number of methoxy groups -OCH3 is 1. The lowest BCUT2D eigenvalue weighted by Crippen LogP contribution is -2.42. The molecule has 4 atom stereocenters. The molecule has 0 fully saturated rings. The van der Waals surface area contributed by atoms with Gasteiger partial charge in [-0.2, -0.15) is 0 Å². The largest absolute Gasteiger partial charge is 0.497 e. The third kappa shape index (κ3) is 5.07. The lowest BCUT2D eigenvalue weighted by molar-refractivity contribution is 0.0824. The summed E-state index contributed by atoms with van der Waals surface area (Å²) in [5.41, 5.74) is 0.909. The molecule has 0 saturated carbocycles. The van der Waals surface area contributed by atoms with Crippen molar-refractivity contribution in [1.29, 1.82) is 0 Å². The molecule has 0 aliphatic carbocycles. The summed E-state index contributed by atoms with van der Waals surface area (Å²) in [4.78, 5) is 0. The lowest BCUT2D eigenvalue weighted by atomic mass is 9.91. The van der Waals surface area contributed by atoms with Gasteiger partial charge in [0.2, 0.25) is 0 Å². The van der Waals surface area contributed by atoms with Crippen molar-refractivity contribution in [2.24, 2.45) is 5.92 Å². The van der Waals surface area contributed by atoms with Gasteiger partial charge in [-0.25, -0.2) is 8.93 Å². The molecule has 0 aliphatic heterocycles. The second-order valence-electron chi connectivity index (χ2n) is 6.63. The Balaban J connectivity index is 3.07. The van der Waals surface area contributed by atoms with E-state index in [1.807, 2.05) is 58.9 Å². The van der Waals surface area contributed by atoms with Crippen LogP contribution in [-0.4, -0.2) is 27.3 Å². The van der Waals surface area contributed by atoms with Crippen LogP contribution in [0.1, 0.15) is 52.6 Å². The highest BCUT2D eigenvalue weighted by molar-refractivity contribution is 7.84. The molecule has 1 aromatic rings. The Morgan fingerprint density at radius 1 is 1.27 bits per heavy atom. The first kappa shape index (κ1) is 19.1. The summed E-state index contributed by atoms with van der Waals surface area (Å²) in [6.45, 7) is 9.78. The van der Waals surface area contributed by atoms with E-state index in [0.717, 1.165) is 17.7 Å². The SMILES string of the molecule is CCC(C)[C@@H](O)[C@@H](NS(=O)C(C)(C)C)c1ccc(OC)cc1. The maximum atomic E-state index is 12.5.